The Morgan fingerprint density at radius 3 is 2.80 bits per heavy atom. The molecule has 7 nitrogen and oxygen atoms in total. The van der Waals surface area contributed by atoms with Gasteiger partial charge in [-0.2, -0.15) is 0 Å². The molecule has 0 fully saturated rings. The summed E-state index contributed by atoms with van der Waals surface area (Å²) < 4.78 is 4.65. The van der Waals surface area contributed by atoms with Crippen molar-refractivity contribution in [1.82, 2.24) is 9.97 Å². The molecule has 8 heteroatoms. The number of carbonyl (C=O) groups is 2. The molecule has 0 aliphatic heterocycles. The minimum Gasteiger partial charge on any atom is -0.465 e. The largest absolute Gasteiger partial charge is 0.465 e. The lowest BCUT2D eigenvalue weighted by Crippen LogP contribution is -2.18. The summed E-state index contributed by atoms with van der Waals surface area (Å²) in [6, 6.07) is 0. The number of aromatic amines is 1. The summed E-state index contributed by atoms with van der Waals surface area (Å²) in [6.07, 6.45) is 2.22. The van der Waals surface area contributed by atoms with Gasteiger partial charge in [-0.25, -0.2) is 9.78 Å². The smallest absolute Gasteiger partial charge is 0.350 e. The van der Waals surface area contributed by atoms with Crippen molar-refractivity contribution in [3.05, 3.63) is 44.3 Å². The topological polar surface area (TPSA) is 101 Å². The number of rotatable bonds is 3. The van der Waals surface area contributed by atoms with E-state index in [9.17, 15) is 14.4 Å². The number of methoxy groups -OCH3 is 1. The molecule has 0 saturated heterocycles. The van der Waals surface area contributed by atoms with Crippen molar-refractivity contribution in [2.24, 2.45) is 0 Å². The molecule has 2 N–H and O–H groups in total. The van der Waals surface area contributed by atoms with Crippen molar-refractivity contribution in [1.29, 1.82) is 0 Å². The molecule has 0 aromatic carbocycles. The number of ether oxygens (including phenoxy) is 1. The second kappa shape index (κ2) is 5.66. The quantitative estimate of drug-likeness (QED) is 0.827. The number of esters is 1. The van der Waals surface area contributed by atoms with Gasteiger partial charge in [0, 0.05) is 6.20 Å². The summed E-state index contributed by atoms with van der Waals surface area (Å²) in [7, 11) is 1.27. The van der Waals surface area contributed by atoms with E-state index >= 15 is 0 Å². The number of H-pyrrole nitrogens is 1. The molecule has 0 radical (unpaired) electrons. The Balaban J connectivity index is 2.28. The van der Waals surface area contributed by atoms with Crippen LogP contribution in [0.4, 0.5) is 5.69 Å². The van der Waals surface area contributed by atoms with Crippen LogP contribution >= 0.6 is 11.3 Å². The number of amides is 1. The molecule has 2 rings (SSSR count). The number of aromatic nitrogens is 2. The van der Waals surface area contributed by atoms with Crippen LogP contribution in [0.15, 0.2) is 22.6 Å². The zero-order valence-electron chi connectivity index (χ0n) is 10.7. The third-order valence-corrected chi connectivity index (χ3v) is 3.57. The number of nitrogens with zero attached hydrogens (tertiary/aromatic N) is 1. The van der Waals surface area contributed by atoms with Gasteiger partial charge in [0.15, 0.2) is 0 Å². The minimum absolute atomic E-state index is 0.0472. The van der Waals surface area contributed by atoms with Crippen LogP contribution in [0.2, 0.25) is 0 Å². The molecule has 0 atom stereocenters. The Bertz CT molecular complexity index is 699. The summed E-state index contributed by atoms with van der Waals surface area (Å²) >= 11 is 1.18. The first-order valence-electron chi connectivity index (χ1n) is 5.55. The van der Waals surface area contributed by atoms with Crippen LogP contribution in [0.3, 0.4) is 0 Å². The zero-order chi connectivity index (χ0) is 14.7. The van der Waals surface area contributed by atoms with Gasteiger partial charge in [-0.05, 0) is 17.9 Å². The lowest BCUT2D eigenvalue weighted by atomic mass is 10.2. The normalized spacial score (nSPS) is 10.1. The molecule has 2 aromatic rings. The Labute approximate surface area is 117 Å². The molecule has 0 spiro atoms. The fourth-order valence-electron chi connectivity index (χ4n) is 1.49. The second-order valence-electron chi connectivity index (χ2n) is 3.86. The molecule has 0 aliphatic carbocycles. The highest BCUT2D eigenvalue weighted by atomic mass is 32.1. The van der Waals surface area contributed by atoms with Crippen molar-refractivity contribution in [3.8, 4) is 0 Å². The lowest BCUT2D eigenvalue weighted by Gasteiger charge is -2.06. The van der Waals surface area contributed by atoms with E-state index < -0.39 is 17.4 Å². The lowest BCUT2D eigenvalue weighted by molar-refractivity contribution is 0.0607. The highest BCUT2D eigenvalue weighted by Gasteiger charge is 2.19. The monoisotopic (exact) mass is 293 g/mol. The summed E-state index contributed by atoms with van der Waals surface area (Å²) in [5, 5.41) is 4.33. The van der Waals surface area contributed by atoms with Crippen molar-refractivity contribution in [3.63, 3.8) is 0 Å². The van der Waals surface area contributed by atoms with E-state index in [1.54, 1.807) is 12.3 Å². The van der Waals surface area contributed by atoms with Crippen molar-refractivity contribution in [2.45, 2.75) is 6.92 Å². The van der Waals surface area contributed by atoms with E-state index in [-0.39, 0.29) is 5.69 Å². The molecule has 104 valence electrons. The number of anilines is 1. The highest BCUT2D eigenvalue weighted by Crippen LogP contribution is 2.28. The fourth-order valence-corrected chi connectivity index (χ4v) is 2.41. The number of nitrogens with one attached hydrogen (secondary N) is 2. The van der Waals surface area contributed by atoms with E-state index in [0.29, 0.717) is 10.6 Å². The SMILES string of the molecule is COC(=O)c1scc(C)c1NC(=O)c1c[nH]c(=O)cn1. The maximum Gasteiger partial charge on any atom is 0.350 e. The molecule has 0 bridgehead atoms. The number of hydrogen-bond acceptors (Lipinski definition) is 6. The molecule has 0 saturated carbocycles. The summed E-state index contributed by atoms with van der Waals surface area (Å²) in [5.74, 6) is -1.04. The molecule has 1 amide bonds. The standard InChI is InChI=1S/C12H11N3O4S/c1-6-5-20-10(12(18)19-2)9(6)15-11(17)7-3-14-8(16)4-13-7/h3-5H,1-2H3,(H,14,16)(H,15,17). The molecule has 0 unspecified atom stereocenters. The van der Waals surface area contributed by atoms with Crippen LogP contribution in [0.25, 0.3) is 0 Å². The Morgan fingerprint density at radius 1 is 1.45 bits per heavy atom. The van der Waals surface area contributed by atoms with E-state index in [4.69, 9.17) is 0 Å². The molecule has 2 heterocycles. The highest BCUT2D eigenvalue weighted by molar-refractivity contribution is 7.12. The van der Waals surface area contributed by atoms with E-state index in [1.807, 2.05) is 0 Å². The van der Waals surface area contributed by atoms with Gasteiger partial charge in [0.05, 0.1) is 19.0 Å². The molecular formula is C12H11N3O4S. The Morgan fingerprint density at radius 2 is 2.20 bits per heavy atom. The fraction of sp³-hybridized carbons (Fsp3) is 0.167. The van der Waals surface area contributed by atoms with Crippen LogP contribution in [0, 0.1) is 6.92 Å². The van der Waals surface area contributed by atoms with Gasteiger partial charge < -0.3 is 15.0 Å². The van der Waals surface area contributed by atoms with Gasteiger partial charge in [-0.15, -0.1) is 11.3 Å². The van der Waals surface area contributed by atoms with Crippen LogP contribution < -0.4 is 10.9 Å². The number of carbonyl (C=O) groups excluding carboxylic acids is 2. The number of aryl methyl sites for hydroxylation is 1. The average Bonchev–Trinajstić information content (AvgIpc) is 2.80. The van der Waals surface area contributed by atoms with Gasteiger partial charge in [0.2, 0.25) is 0 Å². The minimum atomic E-state index is -0.521. The van der Waals surface area contributed by atoms with Gasteiger partial charge in [-0.1, -0.05) is 0 Å². The Hall–Kier alpha value is -2.48. The zero-order valence-corrected chi connectivity index (χ0v) is 11.5. The maximum atomic E-state index is 12.0. The third-order valence-electron chi connectivity index (χ3n) is 2.49. The Kier molecular flexibility index (Phi) is 3.94. The van der Waals surface area contributed by atoms with Crippen LogP contribution in [-0.2, 0) is 4.74 Å². The number of hydrogen-bond donors (Lipinski definition) is 2. The average molecular weight is 293 g/mol. The van der Waals surface area contributed by atoms with Crippen LogP contribution in [0.1, 0.15) is 25.7 Å². The summed E-state index contributed by atoms with van der Waals surface area (Å²) in [5.41, 5.74) is 0.780. The predicted molar refractivity (Wildman–Crippen MR) is 73.2 cm³/mol. The molecule has 0 aliphatic rings. The van der Waals surface area contributed by atoms with Crippen LogP contribution in [-0.4, -0.2) is 29.0 Å². The van der Waals surface area contributed by atoms with Crippen LogP contribution in [0.5, 0.6) is 0 Å². The molecule has 2 aromatic heterocycles. The number of thiophene rings is 1. The summed E-state index contributed by atoms with van der Waals surface area (Å²) in [4.78, 5) is 40.8. The van der Waals surface area contributed by atoms with Crippen molar-refractivity contribution in [2.75, 3.05) is 12.4 Å². The van der Waals surface area contributed by atoms with Gasteiger partial charge in [-0.3, -0.25) is 9.59 Å². The van der Waals surface area contributed by atoms with E-state index in [1.165, 1.54) is 24.6 Å². The molecule has 20 heavy (non-hydrogen) atoms. The first-order chi connectivity index (χ1) is 9.52. The molecular weight excluding hydrogens is 282 g/mol. The van der Waals surface area contributed by atoms with E-state index in [2.05, 4.69) is 20.0 Å². The third kappa shape index (κ3) is 2.75. The van der Waals surface area contributed by atoms with Gasteiger partial charge in [0.25, 0.3) is 11.5 Å². The summed E-state index contributed by atoms with van der Waals surface area (Å²) in [6.45, 7) is 1.76. The maximum absolute atomic E-state index is 12.0. The first-order valence-corrected chi connectivity index (χ1v) is 6.43. The second-order valence-corrected chi connectivity index (χ2v) is 4.74. The van der Waals surface area contributed by atoms with Crippen molar-refractivity contribution >= 4 is 28.9 Å². The van der Waals surface area contributed by atoms with Gasteiger partial charge in [0.1, 0.15) is 10.6 Å². The predicted octanol–water partition coefficient (Wildman–Crippen LogP) is 1.18. The van der Waals surface area contributed by atoms with Crippen molar-refractivity contribution < 1.29 is 14.3 Å². The van der Waals surface area contributed by atoms with E-state index in [0.717, 1.165) is 11.8 Å². The first kappa shape index (κ1) is 13.9. The van der Waals surface area contributed by atoms with Gasteiger partial charge >= 0.3 is 5.97 Å².